The minimum atomic E-state index is -0.263. The molecule has 3 rings (SSSR count). The van der Waals surface area contributed by atoms with E-state index in [2.05, 4.69) is 17.6 Å². The van der Waals surface area contributed by atoms with Gasteiger partial charge in [0.1, 0.15) is 5.82 Å². The number of nitrogens with zero attached hydrogens (tertiary/aromatic N) is 2. The molecule has 0 bridgehead atoms. The summed E-state index contributed by atoms with van der Waals surface area (Å²) >= 11 is 0. The summed E-state index contributed by atoms with van der Waals surface area (Å²) in [5, 5.41) is 21.4. The molecule has 0 atom stereocenters. The topological polar surface area (TPSA) is 59.3 Å². The van der Waals surface area contributed by atoms with Crippen LogP contribution in [0.5, 0.6) is 0 Å². The van der Waals surface area contributed by atoms with Gasteiger partial charge in [-0.15, -0.1) is 0 Å². The number of hydrogen-bond donors (Lipinski definition) is 2. The van der Waals surface area contributed by atoms with Crippen molar-refractivity contribution in [2.45, 2.75) is 19.5 Å². The highest BCUT2D eigenvalue weighted by Gasteiger charge is 2.22. The van der Waals surface area contributed by atoms with E-state index < -0.39 is 0 Å². The number of nitriles is 1. The molecule has 2 N–H and O–H groups in total. The largest absolute Gasteiger partial charge is 0.396 e. The Morgan fingerprint density at radius 3 is 2.70 bits per heavy atom. The van der Waals surface area contributed by atoms with Gasteiger partial charge in [0.05, 0.1) is 13.1 Å². The molecule has 0 amide bonds. The number of rotatable bonds is 5. The maximum absolute atomic E-state index is 13.2. The molecule has 0 radical (unpaired) electrons. The van der Waals surface area contributed by atoms with Gasteiger partial charge in [0.15, 0.2) is 6.19 Å². The van der Waals surface area contributed by atoms with Crippen LogP contribution in [0, 0.1) is 17.3 Å². The van der Waals surface area contributed by atoms with Crippen molar-refractivity contribution >= 4 is 5.69 Å². The number of halogens is 1. The maximum atomic E-state index is 13.2. The first-order valence-electron chi connectivity index (χ1n) is 7.62. The molecule has 118 valence electrons. The van der Waals surface area contributed by atoms with Gasteiger partial charge in [-0.1, -0.05) is 12.1 Å². The third kappa shape index (κ3) is 3.27. The van der Waals surface area contributed by atoms with Crippen molar-refractivity contribution in [3.8, 4) is 17.3 Å². The molecule has 2 aromatic carbocycles. The van der Waals surface area contributed by atoms with E-state index in [1.807, 2.05) is 6.07 Å². The summed E-state index contributed by atoms with van der Waals surface area (Å²) in [5.74, 6) is -0.263. The van der Waals surface area contributed by atoms with Crippen LogP contribution in [0.2, 0.25) is 0 Å². The van der Waals surface area contributed by atoms with Gasteiger partial charge in [0.25, 0.3) is 0 Å². The molecule has 1 aliphatic heterocycles. The lowest BCUT2D eigenvalue weighted by atomic mass is 9.96. The van der Waals surface area contributed by atoms with Gasteiger partial charge < -0.3 is 15.3 Å². The van der Waals surface area contributed by atoms with Crippen LogP contribution >= 0.6 is 0 Å². The molecule has 0 fully saturated rings. The molecule has 0 unspecified atom stereocenters. The molecule has 1 aliphatic rings. The molecule has 0 aliphatic carbocycles. The lowest BCUT2D eigenvalue weighted by Crippen LogP contribution is -2.07. The average Bonchev–Trinajstić information content (AvgIpc) is 2.98. The van der Waals surface area contributed by atoms with Crippen molar-refractivity contribution in [3.63, 3.8) is 0 Å². The van der Waals surface area contributed by atoms with Gasteiger partial charge in [-0.25, -0.2) is 4.39 Å². The maximum Gasteiger partial charge on any atom is 0.179 e. The number of anilines is 1. The van der Waals surface area contributed by atoms with E-state index in [1.54, 1.807) is 17.0 Å². The zero-order valence-corrected chi connectivity index (χ0v) is 12.7. The summed E-state index contributed by atoms with van der Waals surface area (Å²) in [6.45, 7) is 2.00. The summed E-state index contributed by atoms with van der Waals surface area (Å²) in [4.78, 5) is 1.70. The third-order valence-electron chi connectivity index (χ3n) is 4.01. The van der Waals surface area contributed by atoms with Crippen molar-refractivity contribution in [1.82, 2.24) is 4.90 Å². The standard InChI is InChI=1S/C18H18FN3O/c19-15-4-2-13(3-5-15)17-9-16(21-6-1-7-23)8-14-10-22(12-20)11-18(14)17/h2-5,8-9,21,23H,1,6-7,10-11H2. The Bertz CT molecular complexity index is 737. The van der Waals surface area contributed by atoms with Gasteiger partial charge in [-0.05, 0) is 52.9 Å². The van der Waals surface area contributed by atoms with Crippen LogP contribution in [0.1, 0.15) is 17.5 Å². The van der Waals surface area contributed by atoms with Gasteiger partial charge >= 0.3 is 0 Å². The number of benzene rings is 2. The van der Waals surface area contributed by atoms with E-state index in [0.29, 0.717) is 26.1 Å². The fourth-order valence-corrected chi connectivity index (χ4v) is 2.88. The van der Waals surface area contributed by atoms with Crippen LogP contribution in [0.3, 0.4) is 0 Å². The van der Waals surface area contributed by atoms with E-state index in [1.165, 1.54) is 12.1 Å². The zero-order valence-electron chi connectivity index (χ0n) is 12.7. The number of fused-ring (bicyclic) bond motifs is 1. The first kappa shape index (κ1) is 15.3. The molecule has 2 aromatic rings. The van der Waals surface area contributed by atoms with Crippen LogP contribution in [-0.2, 0) is 13.1 Å². The highest BCUT2D eigenvalue weighted by molar-refractivity contribution is 5.74. The number of hydrogen-bond acceptors (Lipinski definition) is 4. The monoisotopic (exact) mass is 311 g/mol. The fraction of sp³-hybridized carbons (Fsp3) is 0.278. The Kier molecular flexibility index (Phi) is 4.45. The Balaban J connectivity index is 1.99. The van der Waals surface area contributed by atoms with Crippen LogP contribution in [-0.4, -0.2) is 23.2 Å². The molecule has 0 spiro atoms. The SMILES string of the molecule is N#CN1Cc2cc(NCCCO)cc(-c3ccc(F)cc3)c2C1. The van der Waals surface area contributed by atoms with E-state index in [-0.39, 0.29) is 12.4 Å². The third-order valence-corrected chi connectivity index (χ3v) is 4.01. The van der Waals surface area contributed by atoms with Gasteiger partial charge in [-0.2, -0.15) is 5.26 Å². The van der Waals surface area contributed by atoms with E-state index in [9.17, 15) is 4.39 Å². The van der Waals surface area contributed by atoms with E-state index >= 15 is 0 Å². The molecule has 0 aromatic heterocycles. The van der Waals surface area contributed by atoms with Crippen molar-refractivity contribution < 1.29 is 9.50 Å². The van der Waals surface area contributed by atoms with Crippen LogP contribution < -0.4 is 5.32 Å². The normalized spacial score (nSPS) is 12.8. The predicted molar refractivity (Wildman–Crippen MR) is 86.9 cm³/mol. The lowest BCUT2D eigenvalue weighted by Gasteiger charge is -2.13. The number of aliphatic hydroxyl groups excluding tert-OH is 1. The fourth-order valence-electron chi connectivity index (χ4n) is 2.88. The van der Waals surface area contributed by atoms with Gasteiger partial charge in [0.2, 0.25) is 0 Å². The zero-order chi connectivity index (χ0) is 16.2. The minimum absolute atomic E-state index is 0.144. The van der Waals surface area contributed by atoms with Gasteiger partial charge in [-0.3, -0.25) is 0 Å². The molecule has 1 heterocycles. The van der Waals surface area contributed by atoms with Gasteiger partial charge in [0, 0.05) is 18.8 Å². The number of nitrogens with one attached hydrogen (secondary N) is 1. The Morgan fingerprint density at radius 1 is 1.22 bits per heavy atom. The highest BCUT2D eigenvalue weighted by atomic mass is 19.1. The van der Waals surface area contributed by atoms with E-state index in [0.717, 1.165) is 27.9 Å². The summed E-state index contributed by atoms with van der Waals surface area (Å²) in [5.41, 5.74) is 5.14. The first-order valence-corrected chi connectivity index (χ1v) is 7.62. The highest BCUT2D eigenvalue weighted by Crippen LogP contribution is 2.35. The second-order valence-corrected chi connectivity index (χ2v) is 5.63. The average molecular weight is 311 g/mol. The second kappa shape index (κ2) is 6.67. The summed E-state index contributed by atoms with van der Waals surface area (Å²) < 4.78 is 13.2. The van der Waals surface area contributed by atoms with E-state index in [4.69, 9.17) is 10.4 Å². The molecular weight excluding hydrogens is 293 g/mol. The summed E-state index contributed by atoms with van der Waals surface area (Å²) in [6, 6.07) is 10.5. The van der Waals surface area contributed by atoms with Crippen molar-refractivity contribution in [2.75, 3.05) is 18.5 Å². The lowest BCUT2D eigenvalue weighted by molar-refractivity contribution is 0.292. The molecule has 23 heavy (non-hydrogen) atoms. The molecule has 0 saturated heterocycles. The Morgan fingerprint density at radius 2 is 2.00 bits per heavy atom. The van der Waals surface area contributed by atoms with Crippen molar-refractivity contribution in [2.24, 2.45) is 0 Å². The Labute approximate surface area is 134 Å². The summed E-state index contributed by atoms with van der Waals surface area (Å²) in [6.07, 6.45) is 2.86. The number of aliphatic hydroxyl groups is 1. The Hall–Kier alpha value is -2.58. The van der Waals surface area contributed by atoms with Crippen molar-refractivity contribution in [1.29, 1.82) is 5.26 Å². The molecular formula is C18H18FN3O. The smallest absolute Gasteiger partial charge is 0.179 e. The molecule has 0 saturated carbocycles. The predicted octanol–water partition coefficient (Wildman–Crippen LogP) is 3.08. The van der Waals surface area contributed by atoms with Crippen molar-refractivity contribution in [3.05, 3.63) is 53.3 Å². The second-order valence-electron chi connectivity index (χ2n) is 5.63. The van der Waals surface area contributed by atoms with Crippen LogP contribution in [0.15, 0.2) is 36.4 Å². The minimum Gasteiger partial charge on any atom is -0.396 e. The molecule has 5 heteroatoms. The first-order chi connectivity index (χ1) is 11.2. The molecule has 4 nitrogen and oxygen atoms in total. The quantitative estimate of drug-likeness (QED) is 0.658. The van der Waals surface area contributed by atoms with Crippen LogP contribution in [0.25, 0.3) is 11.1 Å². The summed E-state index contributed by atoms with van der Waals surface area (Å²) in [7, 11) is 0. The van der Waals surface area contributed by atoms with Crippen LogP contribution in [0.4, 0.5) is 10.1 Å².